The first-order chi connectivity index (χ1) is 37.3. The van der Waals surface area contributed by atoms with Crippen LogP contribution in [-0.4, -0.2) is 37.4 Å². The van der Waals surface area contributed by atoms with E-state index in [0.29, 0.717) is 16.9 Å². The number of benzene rings is 18. The van der Waals surface area contributed by atoms with Crippen LogP contribution in [0.25, 0.3) is 291 Å². The van der Waals surface area contributed by atoms with Crippen molar-refractivity contribution in [1.29, 1.82) is 0 Å². The third kappa shape index (κ3) is 1.64. The fourth-order valence-electron chi connectivity index (χ4n) is 25.7. The van der Waals surface area contributed by atoms with Crippen LogP contribution in [-0.2, 0) is 29.9 Å². The molecule has 0 amide bonds. The van der Waals surface area contributed by atoms with E-state index in [4.69, 9.17) is 14.5 Å². The Balaban J connectivity index is 1.17. The van der Waals surface area contributed by atoms with E-state index in [1.54, 1.807) is 61.0 Å². The van der Waals surface area contributed by atoms with Gasteiger partial charge in [0.25, 0.3) is 0 Å². The molecule has 0 radical (unpaired) electrons. The molecule has 28 aromatic carbocycles. The molecule has 0 atom stereocenters. The Kier molecular flexibility index (Phi) is 2.73. The summed E-state index contributed by atoms with van der Waals surface area (Å²) in [5, 5.41) is 79.7. The van der Waals surface area contributed by atoms with Gasteiger partial charge in [-0.1, -0.05) is 0 Å². The van der Waals surface area contributed by atoms with Crippen molar-refractivity contribution in [2.75, 3.05) is 14.2 Å². The van der Waals surface area contributed by atoms with E-state index < -0.39 is 28.3 Å². The number of carbonyl (C=O) groups is 2. The van der Waals surface area contributed by atoms with E-state index in [-0.39, 0.29) is 0 Å². The van der Waals surface area contributed by atoms with Gasteiger partial charge < -0.3 is 9.47 Å². The number of rotatable bonds is 2. The Morgan fingerprint density at radius 3 is 0.618 bits per heavy atom. The Morgan fingerprint density at radius 1 is 0.276 bits per heavy atom. The summed E-state index contributed by atoms with van der Waals surface area (Å²) in [6.07, 6.45) is 0. The smallest absolute Gasteiger partial charge is 0.340 e. The van der Waals surface area contributed by atoms with E-state index in [0.717, 1.165) is 0 Å². The fourth-order valence-corrected chi connectivity index (χ4v) is 25.7. The molecular formula is C71H15NO4. The molecule has 5 nitrogen and oxygen atoms in total. The fraction of sp³-hybridized carbons (Fsp3) is 0.113. The van der Waals surface area contributed by atoms with Gasteiger partial charge in [0.2, 0.25) is 0 Å². The highest BCUT2D eigenvalue weighted by molar-refractivity contribution is 6.82. The van der Waals surface area contributed by atoms with Crippen molar-refractivity contribution in [2.24, 2.45) is 4.99 Å². The number of esters is 2. The third-order valence-electron chi connectivity index (χ3n) is 25.8. The standard InChI is InChI=1S/C71H15NO4/c1-69(2,3)72-66-60(67(73)75-4)65(68(74)76-5)70-61-52-44-34-24-16-8-6-7-10-14-12(8)20-28-22(14)32-26-18(10)19-11(7)15-13-9(6)17(16)25-31-21(13)29-23(15)33-27(19)37-36(26)46-40(32)50-42(28)48(38(44)30(20)24)54(61)56(50)63-58(46)59-47(37)41(33)51-43(29)49-39(31)45(35(25)34)53(52)62(70)55(49)57(51)64(59)71(63,66)70/h1-5H3. The van der Waals surface area contributed by atoms with Gasteiger partial charge in [0.05, 0.1) is 47.4 Å². The predicted octanol–water partition coefficient (Wildman–Crippen LogP) is 17.2. The van der Waals surface area contributed by atoms with Gasteiger partial charge in [-0.2, -0.15) is 0 Å². The third-order valence-corrected chi connectivity index (χ3v) is 25.8. The second kappa shape index (κ2) is 6.85. The van der Waals surface area contributed by atoms with Crippen molar-refractivity contribution in [3.8, 4) is 0 Å². The lowest BCUT2D eigenvalue weighted by molar-refractivity contribution is -0.139. The van der Waals surface area contributed by atoms with Crippen LogP contribution in [0.4, 0.5) is 0 Å². The van der Waals surface area contributed by atoms with Crippen molar-refractivity contribution in [2.45, 2.75) is 37.1 Å². The van der Waals surface area contributed by atoms with Gasteiger partial charge >= 0.3 is 11.9 Å². The Morgan fingerprint density at radius 2 is 0.447 bits per heavy atom. The first-order valence-corrected chi connectivity index (χ1v) is 27.6. The molecule has 5 heteroatoms. The van der Waals surface area contributed by atoms with Crippen LogP contribution in [0.1, 0.15) is 43.0 Å². The monoisotopic (exact) mass is 945 g/mol. The van der Waals surface area contributed by atoms with Crippen LogP contribution in [0, 0.1) is 0 Å². The van der Waals surface area contributed by atoms with Gasteiger partial charge in [0, 0.05) is 0 Å². The molecule has 2 spiro atoms. The highest BCUT2D eigenvalue weighted by Crippen LogP contribution is 2.86. The summed E-state index contributed by atoms with van der Waals surface area (Å²) < 4.78 is 12.4. The van der Waals surface area contributed by atoms with Crippen molar-refractivity contribution < 1.29 is 19.1 Å². The summed E-state index contributed by atoms with van der Waals surface area (Å²) >= 11 is 0. The van der Waals surface area contributed by atoms with Gasteiger partial charge in [-0.15, -0.1) is 0 Å². The first kappa shape index (κ1) is 30.2. The Bertz CT molecular complexity index is 7460. The molecule has 0 bridgehead atoms. The molecule has 0 aliphatic heterocycles. The van der Waals surface area contributed by atoms with E-state index in [1.807, 2.05) is 0 Å². The molecule has 76 heavy (non-hydrogen) atoms. The zero-order valence-corrected chi connectivity index (χ0v) is 40.1. The second-order valence-electron chi connectivity index (χ2n) is 27.6. The molecule has 0 fully saturated rings. The first-order valence-electron chi connectivity index (χ1n) is 27.6. The van der Waals surface area contributed by atoms with Crippen LogP contribution < -0.4 is 0 Å². The average Bonchev–Trinajstić information content (AvgIpc) is 1.98. The molecule has 0 aromatic heterocycles. The lowest BCUT2D eigenvalue weighted by atomic mass is 9.47. The largest absolute Gasteiger partial charge is 0.466 e. The van der Waals surface area contributed by atoms with Crippen molar-refractivity contribution >= 4 is 309 Å². The molecule has 5 aliphatic carbocycles. The number of hydrogen-bond donors (Lipinski definition) is 0. The second-order valence-corrected chi connectivity index (χ2v) is 27.6. The maximum absolute atomic E-state index is 16.3. The highest BCUT2D eigenvalue weighted by atomic mass is 16.5. The summed E-state index contributed by atoms with van der Waals surface area (Å²) in [7, 11) is 3.04. The molecule has 28 aromatic rings. The summed E-state index contributed by atoms with van der Waals surface area (Å²) in [5.74, 6) is -0.948. The van der Waals surface area contributed by atoms with Crippen LogP contribution in [0.15, 0.2) is 16.1 Å². The lowest BCUT2D eigenvalue weighted by Gasteiger charge is -2.51. The quantitative estimate of drug-likeness (QED) is 0.128. The Hall–Kier alpha value is -9.19. The van der Waals surface area contributed by atoms with E-state index in [2.05, 4.69) is 20.8 Å². The van der Waals surface area contributed by atoms with Crippen molar-refractivity contribution in [3.63, 3.8) is 0 Å². The minimum absolute atomic E-state index is 0.319. The molecule has 0 N–H and O–H groups in total. The van der Waals surface area contributed by atoms with Crippen LogP contribution >= 0.6 is 0 Å². The number of methoxy groups -OCH3 is 2. The minimum Gasteiger partial charge on any atom is -0.466 e. The lowest BCUT2D eigenvalue weighted by Crippen LogP contribution is -2.55. The van der Waals surface area contributed by atoms with Gasteiger partial charge in [-0.05, 0) is 334 Å². The Labute approximate surface area is 415 Å². The maximum atomic E-state index is 16.3. The van der Waals surface area contributed by atoms with E-state index in [9.17, 15) is 0 Å². The topological polar surface area (TPSA) is 65.0 Å². The summed E-state index contributed by atoms with van der Waals surface area (Å²) in [4.78, 5) is 38.3. The van der Waals surface area contributed by atoms with E-state index in [1.165, 1.54) is 266 Å². The SMILES string of the molecule is COC(=O)C1=C(C(=O)OC)C23c4c5c6c7c8c9c(c%10c%11c2c2c4c4c%12c5c5c6c6c8c8c%13c9c9c%10c%10c%11c%11c2c2c4c4c%12c%12c5c5c6c8c6c8c%13c9c9c%10c%10c%11c2c2c4c4c%12c5c6c5c8c9c%10c2c45)C73C1=NC(C)(C)C. The van der Waals surface area contributed by atoms with Gasteiger partial charge in [0.1, 0.15) is 0 Å². The molecule has 5 aliphatic rings. The van der Waals surface area contributed by atoms with Crippen LogP contribution in [0.2, 0.25) is 0 Å². The van der Waals surface area contributed by atoms with Crippen LogP contribution in [0.5, 0.6) is 0 Å². The minimum atomic E-state index is -1.20. The number of hydrogen-bond acceptors (Lipinski definition) is 5. The highest BCUT2D eigenvalue weighted by Gasteiger charge is 2.78. The van der Waals surface area contributed by atoms with Gasteiger partial charge in [0.15, 0.2) is 0 Å². The zero-order chi connectivity index (χ0) is 47.0. The normalized spacial score (nSPS) is 22.5. The number of carbonyl (C=O) groups excluding carboxylic acids is 2. The summed E-state index contributed by atoms with van der Waals surface area (Å²) in [6, 6.07) is 0. The van der Waals surface area contributed by atoms with Crippen LogP contribution in [0.3, 0.4) is 0 Å². The summed E-state index contributed by atoms with van der Waals surface area (Å²) in [6.45, 7) is 6.54. The molecular weight excluding hydrogens is 931 g/mol. The molecule has 0 unspecified atom stereocenters. The molecule has 33 rings (SSSR count). The van der Waals surface area contributed by atoms with Crippen molar-refractivity contribution in [3.05, 3.63) is 33.4 Å². The maximum Gasteiger partial charge on any atom is 0.340 e. The van der Waals surface area contributed by atoms with Crippen molar-refractivity contribution in [1.82, 2.24) is 0 Å². The molecule has 0 saturated heterocycles. The van der Waals surface area contributed by atoms with Gasteiger partial charge in [-0.25, -0.2) is 9.59 Å². The van der Waals surface area contributed by atoms with Gasteiger partial charge in [-0.3, -0.25) is 4.99 Å². The molecule has 328 valence electrons. The van der Waals surface area contributed by atoms with E-state index >= 15 is 9.59 Å². The molecule has 0 heterocycles. The number of nitrogens with zero attached hydrogens (tertiary/aromatic N) is 1. The summed E-state index contributed by atoms with van der Waals surface area (Å²) in [5.41, 5.74) is 3.66. The number of aliphatic imine (C=N–C) groups is 1. The predicted molar refractivity (Wildman–Crippen MR) is 312 cm³/mol. The zero-order valence-electron chi connectivity index (χ0n) is 40.1. The number of ether oxygens (including phenoxy) is 2. The average molecular weight is 946 g/mol. The molecule has 0 saturated carbocycles.